The van der Waals surface area contributed by atoms with Gasteiger partial charge in [0.2, 0.25) is 0 Å². The van der Waals surface area contributed by atoms with E-state index in [1.165, 1.54) is 53.6 Å². The van der Waals surface area contributed by atoms with E-state index in [4.69, 9.17) is 4.99 Å². The molecule has 1 aliphatic carbocycles. The Morgan fingerprint density at radius 3 is 2.21 bits per heavy atom. The summed E-state index contributed by atoms with van der Waals surface area (Å²) in [4.78, 5) is 4.84. The van der Waals surface area contributed by atoms with Crippen LogP contribution in [0.1, 0.15) is 18.1 Å². The van der Waals surface area contributed by atoms with Gasteiger partial charge in [0, 0.05) is 32.3 Å². The maximum absolute atomic E-state index is 4.84. The molecule has 33 heavy (non-hydrogen) atoms. The summed E-state index contributed by atoms with van der Waals surface area (Å²) in [6.07, 6.45) is 4.23. The highest BCUT2D eigenvalue weighted by atomic mass is 32.1. The van der Waals surface area contributed by atoms with E-state index in [2.05, 4.69) is 111 Å². The summed E-state index contributed by atoms with van der Waals surface area (Å²) in [6.45, 7) is 7.09. The van der Waals surface area contributed by atoms with Crippen molar-refractivity contribution in [3.05, 3.63) is 114 Å². The molecule has 6 rings (SSSR count). The zero-order chi connectivity index (χ0) is 22.4. The number of fused-ring (bicyclic) bond motifs is 4. The number of aliphatic imine (C=N–C) groups is 1. The van der Waals surface area contributed by atoms with Gasteiger partial charge in [-0.25, -0.2) is 0 Å². The van der Waals surface area contributed by atoms with Crippen LogP contribution in [-0.2, 0) is 0 Å². The minimum Gasteiger partial charge on any atom is -0.284 e. The molecule has 0 amide bonds. The smallest absolute Gasteiger partial charge is 0.0725 e. The molecule has 0 atom stereocenters. The van der Waals surface area contributed by atoms with Crippen LogP contribution >= 0.6 is 11.3 Å². The molecule has 2 heteroatoms. The molecule has 0 radical (unpaired) electrons. The molecule has 0 saturated carbocycles. The van der Waals surface area contributed by atoms with Gasteiger partial charge < -0.3 is 0 Å². The number of rotatable bonds is 3. The molecule has 0 saturated heterocycles. The van der Waals surface area contributed by atoms with E-state index < -0.39 is 0 Å². The van der Waals surface area contributed by atoms with Crippen molar-refractivity contribution in [2.45, 2.75) is 6.92 Å². The van der Waals surface area contributed by atoms with Gasteiger partial charge in [-0.1, -0.05) is 91.5 Å². The largest absolute Gasteiger partial charge is 0.284 e. The highest BCUT2D eigenvalue weighted by Gasteiger charge is 2.21. The quantitative estimate of drug-likeness (QED) is 0.265. The van der Waals surface area contributed by atoms with Crippen molar-refractivity contribution < 1.29 is 0 Å². The molecule has 0 unspecified atom stereocenters. The van der Waals surface area contributed by atoms with Gasteiger partial charge in [-0.2, -0.15) is 0 Å². The average Bonchev–Trinajstić information content (AvgIpc) is 3.24. The first-order valence-corrected chi connectivity index (χ1v) is 12.1. The average molecular weight is 442 g/mol. The minimum absolute atomic E-state index is 0.734. The topological polar surface area (TPSA) is 12.4 Å². The lowest BCUT2D eigenvalue weighted by Crippen LogP contribution is -2.11. The molecule has 0 bridgehead atoms. The standard InChI is InChI=1S/C31H23NS/c1-3-32-31-20(2)18-19-21-10-8-14-24(29(21)31)22-11-4-5-12-23(22)25-15-9-17-28-30(25)26-13-6-7-16-27(26)33-28/h4-19H,2-3H2,1H3. The second kappa shape index (κ2) is 7.99. The Balaban J connectivity index is 1.67. The summed E-state index contributed by atoms with van der Waals surface area (Å²) in [5.41, 5.74) is 9.30. The van der Waals surface area contributed by atoms with Crippen LogP contribution in [0.4, 0.5) is 0 Å². The zero-order valence-electron chi connectivity index (χ0n) is 18.5. The first-order valence-electron chi connectivity index (χ1n) is 11.3. The predicted octanol–water partition coefficient (Wildman–Crippen LogP) is 8.78. The van der Waals surface area contributed by atoms with Crippen LogP contribution in [0.3, 0.4) is 0 Å². The van der Waals surface area contributed by atoms with Crippen LogP contribution in [0.25, 0.3) is 48.5 Å². The Hall–Kier alpha value is -3.75. The van der Waals surface area contributed by atoms with E-state index in [0.717, 1.165) is 17.8 Å². The molecule has 0 spiro atoms. The van der Waals surface area contributed by atoms with E-state index in [9.17, 15) is 0 Å². The lowest BCUT2D eigenvalue weighted by atomic mass is 9.83. The lowest BCUT2D eigenvalue weighted by molar-refractivity contribution is 1.13. The monoisotopic (exact) mass is 441 g/mol. The van der Waals surface area contributed by atoms with Gasteiger partial charge in [0.15, 0.2) is 0 Å². The Bertz CT molecular complexity index is 1610. The van der Waals surface area contributed by atoms with Gasteiger partial charge in [0.25, 0.3) is 0 Å². The molecule has 1 aliphatic rings. The molecular formula is C31H23NS. The molecule has 1 nitrogen and oxygen atoms in total. The third kappa shape index (κ3) is 3.18. The lowest BCUT2D eigenvalue weighted by Gasteiger charge is -2.21. The van der Waals surface area contributed by atoms with Crippen LogP contribution < -0.4 is 0 Å². The molecule has 0 fully saturated rings. The minimum atomic E-state index is 0.734. The van der Waals surface area contributed by atoms with Crippen LogP contribution in [0.5, 0.6) is 0 Å². The van der Waals surface area contributed by atoms with E-state index in [0.29, 0.717) is 0 Å². The van der Waals surface area contributed by atoms with Crippen molar-refractivity contribution in [1.29, 1.82) is 0 Å². The third-order valence-electron chi connectivity index (χ3n) is 6.33. The third-order valence-corrected chi connectivity index (χ3v) is 7.46. The predicted molar refractivity (Wildman–Crippen MR) is 145 cm³/mol. The first kappa shape index (κ1) is 19.9. The van der Waals surface area contributed by atoms with Crippen molar-refractivity contribution in [3.8, 4) is 22.3 Å². The molecule has 4 aromatic carbocycles. The Morgan fingerprint density at radius 2 is 1.36 bits per heavy atom. The molecule has 158 valence electrons. The van der Waals surface area contributed by atoms with Gasteiger partial charge in [-0.15, -0.1) is 11.3 Å². The number of hydrogen-bond acceptors (Lipinski definition) is 2. The summed E-state index contributed by atoms with van der Waals surface area (Å²) in [6, 6.07) is 30.7. The number of benzene rings is 4. The Morgan fingerprint density at radius 1 is 0.697 bits per heavy atom. The van der Waals surface area contributed by atoms with E-state index in [1.54, 1.807) is 0 Å². The summed E-state index contributed by atoms with van der Waals surface area (Å²) in [5.74, 6) is 0. The van der Waals surface area contributed by atoms with Crippen LogP contribution in [0.2, 0.25) is 0 Å². The summed E-state index contributed by atoms with van der Waals surface area (Å²) >= 11 is 1.86. The number of allylic oxidation sites excluding steroid dienone is 2. The van der Waals surface area contributed by atoms with Gasteiger partial charge >= 0.3 is 0 Å². The highest BCUT2D eigenvalue weighted by molar-refractivity contribution is 7.25. The second-order valence-corrected chi connectivity index (χ2v) is 9.36. The number of hydrogen-bond donors (Lipinski definition) is 0. The van der Waals surface area contributed by atoms with Gasteiger partial charge in [0.05, 0.1) is 5.71 Å². The number of thiophene rings is 1. The van der Waals surface area contributed by atoms with Crippen molar-refractivity contribution in [2.24, 2.45) is 4.99 Å². The van der Waals surface area contributed by atoms with Crippen molar-refractivity contribution in [3.63, 3.8) is 0 Å². The van der Waals surface area contributed by atoms with E-state index in [1.807, 2.05) is 11.3 Å². The molecule has 5 aromatic rings. The maximum atomic E-state index is 4.84. The fraction of sp³-hybridized carbons (Fsp3) is 0.0645. The Labute approximate surface area is 198 Å². The van der Waals surface area contributed by atoms with Crippen molar-refractivity contribution in [2.75, 3.05) is 6.54 Å². The molecule has 1 aromatic heterocycles. The van der Waals surface area contributed by atoms with Crippen LogP contribution in [0.15, 0.2) is 108 Å². The SMILES string of the molecule is C=C1C=Cc2cccc(-c3ccccc3-c3cccc4sc5ccccc5c34)c2C1=NCC. The molecule has 1 heterocycles. The van der Waals surface area contributed by atoms with Gasteiger partial charge in [0.1, 0.15) is 0 Å². The zero-order valence-corrected chi connectivity index (χ0v) is 19.3. The maximum Gasteiger partial charge on any atom is 0.0725 e. The molecule has 0 aliphatic heterocycles. The van der Waals surface area contributed by atoms with Crippen molar-refractivity contribution >= 4 is 43.3 Å². The molecular weight excluding hydrogens is 418 g/mol. The fourth-order valence-corrected chi connectivity index (χ4v) is 6.05. The van der Waals surface area contributed by atoms with Crippen LogP contribution in [-0.4, -0.2) is 12.3 Å². The van der Waals surface area contributed by atoms with Gasteiger partial charge in [-0.3, -0.25) is 4.99 Å². The van der Waals surface area contributed by atoms with E-state index in [-0.39, 0.29) is 0 Å². The van der Waals surface area contributed by atoms with E-state index >= 15 is 0 Å². The summed E-state index contributed by atoms with van der Waals surface area (Å²) in [7, 11) is 0. The summed E-state index contributed by atoms with van der Waals surface area (Å²) < 4.78 is 2.65. The van der Waals surface area contributed by atoms with Crippen molar-refractivity contribution in [1.82, 2.24) is 0 Å². The summed E-state index contributed by atoms with van der Waals surface area (Å²) in [5, 5.41) is 2.66. The highest BCUT2D eigenvalue weighted by Crippen LogP contribution is 2.44. The van der Waals surface area contributed by atoms with Crippen LogP contribution in [0, 0.1) is 0 Å². The molecule has 0 N–H and O–H groups in total. The fourth-order valence-electron chi connectivity index (χ4n) is 4.92. The second-order valence-electron chi connectivity index (χ2n) is 8.27. The Kier molecular flexibility index (Phi) is 4.82. The van der Waals surface area contributed by atoms with Gasteiger partial charge in [-0.05, 0) is 52.4 Å². The number of nitrogens with zero attached hydrogens (tertiary/aromatic N) is 1. The first-order chi connectivity index (χ1) is 16.3. The normalized spacial score (nSPS) is 14.3.